The molecule has 0 radical (unpaired) electrons. The largest absolute Gasteiger partial charge is 0.478 e. The topological polar surface area (TPSA) is 66.4 Å². The van der Waals surface area contributed by atoms with Gasteiger partial charge in [-0.05, 0) is 42.2 Å². The highest BCUT2D eigenvalue weighted by atomic mass is 32.2. The number of carboxylic acid groups (broad SMARTS) is 1. The average Bonchev–Trinajstić information content (AvgIpc) is 2.44. The van der Waals surface area contributed by atoms with Crippen LogP contribution < -0.4 is 5.32 Å². The molecule has 0 spiro atoms. The monoisotopic (exact) mass is 309 g/mol. The van der Waals surface area contributed by atoms with Gasteiger partial charge in [0.2, 0.25) is 5.91 Å². The standard InChI is InChI=1S/C16H23NO3S/c1-12(2)8-10-21-11-15(18)17-9-7-13-3-5-14(6-4-13)16(19)20/h3-6,12H,7-11H2,1-2H3,(H,17,18)(H,19,20). The van der Waals surface area contributed by atoms with Gasteiger partial charge in [0, 0.05) is 6.54 Å². The lowest BCUT2D eigenvalue weighted by atomic mass is 10.1. The van der Waals surface area contributed by atoms with Crippen LogP contribution in [0.2, 0.25) is 0 Å². The predicted octanol–water partition coefficient (Wildman–Crippen LogP) is 2.82. The fourth-order valence-corrected chi connectivity index (χ4v) is 2.77. The smallest absolute Gasteiger partial charge is 0.335 e. The van der Waals surface area contributed by atoms with Crippen molar-refractivity contribution in [1.82, 2.24) is 5.32 Å². The molecular formula is C16H23NO3S. The highest BCUT2D eigenvalue weighted by molar-refractivity contribution is 7.99. The van der Waals surface area contributed by atoms with E-state index in [1.807, 2.05) is 0 Å². The van der Waals surface area contributed by atoms with Crippen molar-refractivity contribution in [2.45, 2.75) is 26.7 Å². The van der Waals surface area contributed by atoms with Gasteiger partial charge in [0.1, 0.15) is 0 Å². The number of hydrogen-bond acceptors (Lipinski definition) is 3. The lowest BCUT2D eigenvalue weighted by Crippen LogP contribution is -2.27. The molecule has 1 aromatic rings. The van der Waals surface area contributed by atoms with Crippen LogP contribution in [0.15, 0.2) is 24.3 Å². The summed E-state index contributed by atoms with van der Waals surface area (Å²) in [7, 11) is 0. The predicted molar refractivity (Wildman–Crippen MR) is 86.9 cm³/mol. The van der Waals surface area contributed by atoms with Crippen LogP contribution in [0.5, 0.6) is 0 Å². The molecule has 21 heavy (non-hydrogen) atoms. The van der Waals surface area contributed by atoms with Crippen molar-refractivity contribution in [2.24, 2.45) is 5.92 Å². The maximum absolute atomic E-state index is 11.6. The van der Waals surface area contributed by atoms with E-state index >= 15 is 0 Å². The summed E-state index contributed by atoms with van der Waals surface area (Å²) >= 11 is 1.66. The van der Waals surface area contributed by atoms with Crippen molar-refractivity contribution in [3.8, 4) is 0 Å². The Morgan fingerprint density at radius 3 is 2.48 bits per heavy atom. The van der Waals surface area contributed by atoms with Crippen LogP contribution in [-0.2, 0) is 11.2 Å². The molecule has 4 nitrogen and oxygen atoms in total. The van der Waals surface area contributed by atoms with Crippen LogP contribution in [0.1, 0.15) is 36.2 Å². The van der Waals surface area contributed by atoms with Gasteiger partial charge >= 0.3 is 5.97 Å². The first kappa shape index (κ1) is 17.6. The van der Waals surface area contributed by atoms with E-state index in [0.29, 0.717) is 24.6 Å². The lowest BCUT2D eigenvalue weighted by molar-refractivity contribution is -0.118. The summed E-state index contributed by atoms with van der Waals surface area (Å²) in [4.78, 5) is 22.3. The van der Waals surface area contributed by atoms with Gasteiger partial charge in [-0.15, -0.1) is 0 Å². The number of thioether (sulfide) groups is 1. The molecular weight excluding hydrogens is 286 g/mol. The number of carboxylic acids is 1. The summed E-state index contributed by atoms with van der Waals surface area (Å²) in [6.45, 7) is 4.93. The summed E-state index contributed by atoms with van der Waals surface area (Å²) < 4.78 is 0. The Labute approximate surface area is 130 Å². The maximum Gasteiger partial charge on any atom is 0.335 e. The van der Waals surface area contributed by atoms with E-state index in [-0.39, 0.29) is 11.5 Å². The highest BCUT2D eigenvalue weighted by Gasteiger charge is 2.04. The number of amides is 1. The molecule has 116 valence electrons. The van der Waals surface area contributed by atoms with Gasteiger partial charge in [0.15, 0.2) is 0 Å². The molecule has 0 aromatic heterocycles. The molecule has 0 heterocycles. The van der Waals surface area contributed by atoms with Gasteiger partial charge in [-0.3, -0.25) is 4.79 Å². The van der Waals surface area contributed by atoms with Crippen LogP contribution in [0.25, 0.3) is 0 Å². The zero-order valence-corrected chi connectivity index (χ0v) is 13.4. The van der Waals surface area contributed by atoms with Crippen molar-refractivity contribution >= 4 is 23.6 Å². The van der Waals surface area contributed by atoms with Crippen LogP contribution in [0.3, 0.4) is 0 Å². The summed E-state index contributed by atoms with van der Waals surface area (Å²) in [6, 6.07) is 6.74. The Bertz CT molecular complexity index is 457. The third-order valence-electron chi connectivity index (χ3n) is 3.01. The minimum Gasteiger partial charge on any atom is -0.478 e. The molecule has 0 bridgehead atoms. The summed E-state index contributed by atoms with van der Waals surface area (Å²) in [5.41, 5.74) is 1.30. The molecule has 5 heteroatoms. The van der Waals surface area contributed by atoms with Crippen LogP contribution in [0, 0.1) is 5.92 Å². The number of aromatic carboxylic acids is 1. The fraction of sp³-hybridized carbons (Fsp3) is 0.500. The molecule has 0 aliphatic carbocycles. The molecule has 1 aromatic carbocycles. The van der Waals surface area contributed by atoms with E-state index in [9.17, 15) is 9.59 Å². The lowest BCUT2D eigenvalue weighted by Gasteiger charge is -2.06. The Morgan fingerprint density at radius 2 is 1.90 bits per heavy atom. The van der Waals surface area contributed by atoms with Crippen molar-refractivity contribution < 1.29 is 14.7 Å². The number of nitrogens with one attached hydrogen (secondary N) is 1. The van der Waals surface area contributed by atoms with Gasteiger partial charge in [0.05, 0.1) is 11.3 Å². The normalized spacial score (nSPS) is 10.6. The van der Waals surface area contributed by atoms with Crippen molar-refractivity contribution in [3.05, 3.63) is 35.4 Å². The van der Waals surface area contributed by atoms with E-state index in [1.165, 1.54) is 0 Å². The molecule has 0 aliphatic heterocycles. The van der Waals surface area contributed by atoms with E-state index in [4.69, 9.17) is 5.11 Å². The third-order valence-corrected chi connectivity index (χ3v) is 4.00. The van der Waals surface area contributed by atoms with Gasteiger partial charge in [-0.25, -0.2) is 4.79 Å². The minimum absolute atomic E-state index is 0.0610. The van der Waals surface area contributed by atoms with Crippen LogP contribution in [-0.4, -0.2) is 35.0 Å². The summed E-state index contributed by atoms with van der Waals surface area (Å²) in [5, 5.41) is 11.7. The molecule has 0 saturated carbocycles. The highest BCUT2D eigenvalue weighted by Crippen LogP contribution is 2.08. The van der Waals surface area contributed by atoms with Crippen molar-refractivity contribution in [1.29, 1.82) is 0 Å². The van der Waals surface area contributed by atoms with Gasteiger partial charge < -0.3 is 10.4 Å². The quantitative estimate of drug-likeness (QED) is 0.688. The number of carbonyl (C=O) groups is 2. The zero-order chi connectivity index (χ0) is 15.7. The maximum atomic E-state index is 11.6. The SMILES string of the molecule is CC(C)CCSCC(=O)NCCc1ccc(C(=O)O)cc1. The van der Waals surface area contributed by atoms with E-state index in [1.54, 1.807) is 36.0 Å². The Morgan fingerprint density at radius 1 is 1.24 bits per heavy atom. The molecule has 0 saturated heterocycles. The molecule has 0 unspecified atom stereocenters. The minimum atomic E-state index is -0.923. The molecule has 1 amide bonds. The van der Waals surface area contributed by atoms with Gasteiger partial charge in [-0.2, -0.15) is 11.8 Å². The van der Waals surface area contributed by atoms with E-state index in [0.717, 1.165) is 17.7 Å². The average molecular weight is 309 g/mol. The second-order valence-corrected chi connectivity index (χ2v) is 6.44. The molecule has 0 atom stereocenters. The fourth-order valence-electron chi connectivity index (χ4n) is 1.70. The number of carbonyl (C=O) groups excluding carboxylic acids is 1. The summed E-state index contributed by atoms with van der Waals surface area (Å²) in [6.07, 6.45) is 1.84. The van der Waals surface area contributed by atoms with Crippen molar-refractivity contribution in [2.75, 3.05) is 18.1 Å². The molecule has 1 rings (SSSR count). The zero-order valence-electron chi connectivity index (χ0n) is 12.6. The number of hydrogen-bond donors (Lipinski definition) is 2. The van der Waals surface area contributed by atoms with E-state index in [2.05, 4.69) is 19.2 Å². The number of rotatable bonds is 9. The van der Waals surface area contributed by atoms with E-state index < -0.39 is 5.97 Å². The Hall–Kier alpha value is -1.49. The van der Waals surface area contributed by atoms with Crippen LogP contribution >= 0.6 is 11.8 Å². The first-order valence-corrected chi connectivity index (χ1v) is 8.31. The Kier molecular flexibility index (Phi) is 7.90. The van der Waals surface area contributed by atoms with Gasteiger partial charge in [0.25, 0.3) is 0 Å². The molecule has 0 fully saturated rings. The van der Waals surface area contributed by atoms with Crippen LogP contribution in [0.4, 0.5) is 0 Å². The second-order valence-electron chi connectivity index (χ2n) is 5.34. The first-order chi connectivity index (χ1) is 9.99. The number of benzene rings is 1. The van der Waals surface area contributed by atoms with Gasteiger partial charge in [-0.1, -0.05) is 26.0 Å². The van der Waals surface area contributed by atoms with Crippen molar-refractivity contribution in [3.63, 3.8) is 0 Å². The molecule has 2 N–H and O–H groups in total. The molecule has 0 aliphatic rings. The Balaban J connectivity index is 2.18. The first-order valence-electron chi connectivity index (χ1n) is 7.15. The summed E-state index contributed by atoms with van der Waals surface area (Å²) in [5.74, 6) is 1.33. The third kappa shape index (κ3) is 7.75. The second kappa shape index (κ2) is 9.45.